The van der Waals surface area contributed by atoms with Crippen LogP contribution in [0.2, 0.25) is 0 Å². The van der Waals surface area contributed by atoms with E-state index in [1.165, 1.54) is 25.3 Å². The third-order valence-corrected chi connectivity index (χ3v) is 5.33. The third-order valence-electron chi connectivity index (χ3n) is 3.55. The number of nitrogens with one attached hydrogen (secondary N) is 2. The molecule has 0 unspecified atom stereocenters. The minimum absolute atomic E-state index is 0.0765. The Morgan fingerprint density at radius 1 is 1.08 bits per heavy atom. The molecule has 26 heavy (non-hydrogen) atoms. The molecule has 0 aliphatic heterocycles. The predicted octanol–water partition coefficient (Wildman–Crippen LogP) is 3.33. The molecule has 6 nitrogen and oxygen atoms in total. The van der Waals surface area contributed by atoms with Crippen molar-refractivity contribution in [2.24, 2.45) is 0 Å². The number of hydrogen-bond acceptors (Lipinski definition) is 4. The molecule has 0 bridgehead atoms. The fourth-order valence-electron chi connectivity index (χ4n) is 2.39. The summed E-state index contributed by atoms with van der Waals surface area (Å²) in [5, 5.41) is 2.80. The fourth-order valence-corrected chi connectivity index (χ4v) is 4.01. The number of carbonyl (C=O) groups is 1. The lowest BCUT2D eigenvalue weighted by Crippen LogP contribution is -2.40. The molecule has 0 fully saturated rings. The molecule has 2 aromatic carbocycles. The van der Waals surface area contributed by atoms with Gasteiger partial charge in [0.15, 0.2) is 0 Å². The first-order chi connectivity index (χ1) is 12.0. The van der Waals surface area contributed by atoms with Crippen molar-refractivity contribution < 1.29 is 17.9 Å². The first-order valence-corrected chi connectivity index (χ1v) is 9.61. The zero-order valence-electron chi connectivity index (χ0n) is 15.6. The lowest BCUT2D eigenvalue weighted by Gasteiger charge is -2.21. The maximum absolute atomic E-state index is 12.7. The second kappa shape index (κ2) is 7.47. The van der Waals surface area contributed by atoms with Gasteiger partial charge in [-0.2, -0.15) is 0 Å². The lowest BCUT2D eigenvalue weighted by molar-refractivity contribution is 0.102. The van der Waals surface area contributed by atoms with Crippen molar-refractivity contribution in [2.45, 2.75) is 38.1 Å². The van der Waals surface area contributed by atoms with Gasteiger partial charge in [0.1, 0.15) is 10.6 Å². The van der Waals surface area contributed by atoms with Crippen LogP contribution in [0.25, 0.3) is 0 Å². The van der Waals surface area contributed by atoms with E-state index in [-0.39, 0.29) is 16.2 Å². The molecule has 0 radical (unpaired) electrons. The monoisotopic (exact) mass is 376 g/mol. The van der Waals surface area contributed by atoms with Crippen LogP contribution >= 0.6 is 0 Å². The Hall–Kier alpha value is -2.38. The highest BCUT2D eigenvalue weighted by molar-refractivity contribution is 7.89. The standard InChI is InChI=1S/C19H24N2O4S/c1-13-8-6-7-9-15(13)20-18(22)14-10-11-16(25-5)17(12-14)26(23,24)21-19(2,3)4/h6-12,21H,1-5H3,(H,20,22). The van der Waals surface area contributed by atoms with Gasteiger partial charge in [-0.1, -0.05) is 18.2 Å². The number of ether oxygens (including phenoxy) is 1. The Labute approximate surface area is 154 Å². The minimum Gasteiger partial charge on any atom is -0.495 e. The van der Waals surface area contributed by atoms with E-state index in [1.54, 1.807) is 26.8 Å². The smallest absolute Gasteiger partial charge is 0.255 e. The molecule has 2 rings (SSSR count). The molecule has 2 N–H and O–H groups in total. The number of rotatable bonds is 5. The van der Waals surface area contributed by atoms with Crippen molar-refractivity contribution in [3.05, 3.63) is 53.6 Å². The number of amides is 1. The van der Waals surface area contributed by atoms with Gasteiger partial charge in [-0.05, 0) is 57.5 Å². The number of para-hydroxylation sites is 1. The van der Waals surface area contributed by atoms with Crippen molar-refractivity contribution in [2.75, 3.05) is 12.4 Å². The zero-order valence-corrected chi connectivity index (χ0v) is 16.4. The second-order valence-electron chi connectivity index (χ2n) is 6.99. The van der Waals surface area contributed by atoms with Gasteiger partial charge in [0, 0.05) is 16.8 Å². The first kappa shape index (κ1) is 19.9. The van der Waals surface area contributed by atoms with Crippen molar-refractivity contribution in [3.63, 3.8) is 0 Å². The second-order valence-corrected chi connectivity index (χ2v) is 8.64. The van der Waals surface area contributed by atoms with Gasteiger partial charge in [0.2, 0.25) is 10.0 Å². The van der Waals surface area contributed by atoms with Crippen molar-refractivity contribution in [1.29, 1.82) is 0 Å². The Morgan fingerprint density at radius 3 is 2.31 bits per heavy atom. The number of methoxy groups -OCH3 is 1. The average molecular weight is 376 g/mol. The Morgan fingerprint density at radius 2 is 1.73 bits per heavy atom. The summed E-state index contributed by atoms with van der Waals surface area (Å²) in [6, 6.07) is 11.7. The molecular weight excluding hydrogens is 352 g/mol. The van der Waals surface area contributed by atoms with Crippen LogP contribution in [0.15, 0.2) is 47.4 Å². The SMILES string of the molecule is COc1ccc(C(=O)Nc2ccccc2C)cc1S(=O)(=O)NC(C)(C)C. The number of sulfonamides is 1. The Bertz CT molecular complexity index is 915. The number of anilines is 1. The third kappa shape index (κ3) is 4.83. The minimum atomic E-state index is -3.85. The van der Waals surface area contributed by atoms with Gasteiger partial charge < -0.3 is 10.1 Å². The van der Waals surface area contributed by atoms with E-state index >= 15 is 0 Å². The molecule has 0 heterocycles. The van der Waals surface area contributed by atoms with Crippen LogP contribution in [-0.4, -0.2) is 27.0 Å². The van der Waals surface area contributed by atoms with Crippen LogP contribution in [0.3, 0.4) is 0 Å². The molecule has 0 spiro atoms. The molecule has 0 atom stereocenters. The summed E-state index contributed by atoms with van der Waals surface area (Å²) in [6.45, 7) is 7.11. The molecule has 1 amide bonds. The molecule has 2 aromatic rings. The average Bonchev–Trinajstić information content (AvgIpc) is 2.54. The van der Waals surface area contributed by atoms with Gasteiger partial charge >= 0.3 is 0 Å². The summed E-state index contributed by atoms with van der Waals surface area (Å²) in [4.78, 5) is 12.5. The highest BCUT2D eigenvalue weighted by Crippen LogP contribution is 2.26. The van der Waals surface area contributed by atoms with Crippen LogP contribution in [0, 0.1) is 6.92 Å². The maximum atomic E-state index is 12.7. The normalized spacial score (nSPS) is 11.9. The quantitative estimate of drug-likeness (QED) is 0.838. The molecule has 140 valence electrons. The van der Waals surface area contributed by atoms with Crippen LogP contribution in [0.1, 0.15) is 36.7 Å². The number of benzene rings is 2. The van der Waals surface area contributed by atoms with E-state index in [2.05, 4.69) is 10.0 Å². The summed E-state index contributed by atoms with van der Waals surface area (Å²) in [7, 11) is -2.47. The van der Waals surface area contributed by atoms with Gasteiger partial charge in [-0.25, -0.2) is 13.1 Å². The summed E-state index contributed by atoms with van der Waals surface area (Å²) < 4.78 is 33.1. The molecule has 0 saturated heterocycles. The maximum Gasteiger partial charge on any atom is 0.255 e. The molecule has 7 heteroatoms. The summed E-state index contributed by atoms with van der Waals surface area (Å²) >= 11 is 0. The van der Waals surface area contributed by atoms with Crippen LogP contribution in [0.4, 0.5) is 5.69 Å². The van der Waals surface area contributed by atoms with Crippen molar-refractivity contribution in [3.8, 4) is 5.75 Å². The highest BCUT2D eigenvalue weighted by atomic mass is 32.2. The molecule has 0 aliphatic rings. The van der Waals surface area contributed by atoms with E-state index in [0.29, 0.717) is 5.69 Å². The van der Waals surface area contributed by atoms with Crippen molar-refractivity contribution >= 4 is 21.6 Å². The van der Waals surface area contributed by atoms with E-state index in [4.69, 9.17) is 4.74 Å². The van der Waals surface area contributed by atoms with Crippen molar-refractivity contribution in [1.82, 2.24) is 4.72 Å². The zero-order chi connectivity index (χ0) is 19.5. The highest BCUT2D eigenvalue weighted by Gasteiger charge is 2.26. The topological polar surface area (TPSA) is 84.5 Å². The predicted molar refractivity (Wildman–Crippen MR) is 102 cm³/mol. The van der Waals surface area contributed by atoms with Crippen LogP contribution in [-0.2, 0) is 10.0 Å². The van der Waals surface area contributed by atoms with Gasteiger partial charge in [0.25, 0.3) is 5.91 Å². The molecular formula is C19H24N2O4S. The van der Waals surface area contributed by atoms with E-state index in [1.807, 2.05) is 25.1 Å². The van der Waals surface area contributed by atoms with Gasteiger partial charge in [-0.15, -0.1) is 0 Å². The molecule has 0 aromatic heterocycles. The summed E-state index contributed by atoms with van der Waals surface area (Å²) in [5.41, 5.74) is 1.15. The van der Waals surface area contributed by atoms with E-state index in [9.17, 15) is 13.2 Å². The number of carbonyl (C=O) groups excluding carboxylic acids is 1. The summed E-state index contributed by atoms with van der Waals surface area (Å²) in [5.74, 6) is -0.219. The Balaban J connectivity index is 2.40. The van der Waals surface area contributed by atoms with Crippen LogP contribution < -0.4 is 14.8 Å². The van der Waals surface area contributed by atoms with Gasteiger partial charge in [0.05, 0.1) is 7.11 Å². The van der Waals surface area contributed by atoms with Crippen LogP contribution in [0.5, 0.6) is 5.75 Å². The fraction of sp³-hybridized carbons (Fsp3) is 0.316. The number of hydrogen-bond donors (Lipinski definition) is 2. The first-order valence-electron chi connectivity index (χ1n) is 8.12. The number of aryl methyl sites for hydroxylation is 1. The Kier molecular flexibility index (Phi) is 5.73. The van der Waals surface area contributed by atoms with E-state index < -0.39 is 21.5 Å². The molecule has 0 saturated carbocycles. The lowest BCUT2D eigenvalue weighted by atomic mass is 10.1. The van der Waals surface area contributed by atoms with E-state index in [0.717, 1.165) is 5.56 Å². The van der Waals surface area contributed by atoms with Gasteiger partial charge in [-0.3, -0.25) is 4.79 Å². The molecule has 0 aliphatic carbocycles. The summed E-state index contributed by atoms with van der Waals surface area (Å²) in [6.07, 6.45) is 0. The largest absolute Gasteiger partial charge is 0.495 e.